The largest absolute Gasteiger partial charge is 0.456 e. The van der Waals surface area contributed by atoms with Crippen LogP contribution in [0.1, 0.15) is 0 Å². The summed E-state index contributed by atoms with van der Waals surface area (Å²) in [5.41, 5.74) is 11.5. The molecule has 49 heavy (non-hydrogen) atoms. The van der Waals surface area contributed by atoms with Crippen molar-refractivity contribution in [1.29, 1.82) is 0 Å². The molecule has 0 saturated carbocycles. The second-order valence-electron chi connectivity index (χ2n) is 12.8. The molecule has 0 saturated heterocycles. The second-order valence-corrected chi connectivity index (χ2v) is 12.8. The fourth-order valence-corrected chi connectivity index (χ4v) is 7.94. The van der Waals surface area contributed by atoms with Crippen molar-refractivity contribution in [3.05, 3.63) is 182 Å². The van der Waals surface area contributed by atoms with Crippen molar-refractivity contribution >= 4 is 54.3 Å². The van der Waals surface area contributed by atoms with E-state index in [0.29, 0.717) is 0 Å². The van der Waals surface area contributed by atoms with Crippen LogP contribution in [0.5, 0.6) is 0 Å². The number of rotatable bonds is 4. The minimum atomic E-state index is 0.894. The van der Waals surface area contributed by atoms with Crippen LogP contribution in [-0.2, 0) is 0 Å². The average molecular weight is 623 g/mol. The topological polar surface area (TPSA) is 13.1 Å². The van der Waals surface area contributed by atoms with Gasteiger partial charge in [-0.3, -0.25) is 0 Å². The van der Waals surface area contributed by atoms with Crippen LogP contribution < -0.4 is 0 Å². The lowest BCUT2D eigenvalue weighted by molar-refractivity contribution is 0.669. The minimum absolute atomic E-state index is 0.894. The van der Waals surface area contributed by atoms with Gasteiger partial charge >= 0.3 is 0 Å². The number of hydrogen-bond donors (Lipinski definition) is 0. The highest BCUT2D eigenvalue weighted by molar-refractivity contribution is 6.29. The number of fused-ring (bicyclic) bond motifs is 6. The zero-order chi connectivity index (χ0) is 32.3. The Morgan fingerprint density at radius 3 is 1.69 bits per heavy atom. The van der Waals surface area contributed by atoms with Crippen LogP contribution in [0.2, 0.25) is 0 Å². The second kappa shape index (κ2) is 11.1. The molecular weight excluding hydrogens is 593 g/mol. The molecule has 1 nitrogen and oxygen atoms in total. The van der Waals surface area contributed by atoms with Crippen LogP contribution in [0.15, 0.2) is 186 Å². The summed E-state index contributed by atoms with van der Waals surface area (Å²) in [6.45, 7) is 0. The molecule has 0 atom stereocenters. The lowest BCUT2D eigenvalue weighted by atomic mass is 9.81. The maximum atomic E-state index is 6.66. The number of hydrogen-bond acceptors (Lipinski definition) is 1. The van der Waals surface area contributed by atoms with E-state index in [1.165, 1.54) is 71.3 Å². The molecule has 0 aliphatic heterocycles. The van der Waals surface area contributed by atoms with Crippen LogP contribution in [0.4, 0.5) is 0 Å². The summed E-state index contributed by atoms with van der Waals surface area (Å²) in [5.74, 6) is 0. The molecule has 1 heterocycles. The van der Waals surface area contributed by atoms with Gasteiger partial charge in [0.2, 0.25) is 0 Å². The van der Waals surface area contributed by atoms with Gasteiger partial charge in [-0.25, -0.2) is 0 Å². The first kappa shape index (κ1) is 27.7. The first-order chi connectivity index (χ1) is 24.3. The molecule has 0 amide bonds. The summed E-state index contributed by atoms with van der Waals surface area (Å²) in [7, 11) is 0. The molecule has 0 unspecified atom stereocenters. The quantitative estimate of drug-likeness (QED) is 0.178. The van der Waals surface area contributed by atoms with Crippen LogP contribution >= 0.6 is 0 Å². The standard InChI is InChI=1S/C48H30O/c1-3-14-31(15-4-1)34-28-29-40-44(30-34)49-43-27-13-26-42(46(40)43)48-39-22-10-9-21-38(39)45(37-24-11-19-32-18-7-8-20-35(32)37)41-25-12-23-36(47(41)48)33-16-5-2-6-17-33/h1-30H. The Morgan fingerprint density at radius 1 is 0.286 bits per heavy atom. The Hall–Kier alpha value is -6.44. The molecule has 228 valence electrons. The first-order valence-electron chi connectivity index (χ1n) is 16.9. The Balaban J connectivity index is 1.37. The van der Waals surface area contributed by atoms with Gasteiger partial charge in [-0.1, -0.05) is 164 Å². The summed E-state index contributed by atoms with van der Waals surface area (Å²) < 4.78 is 6.66. The van der Waals surface area contributed by atoms with Gasteiger partial charge in [-0.2, -0.15) is 0 Å². The fourth-order valence-electron chi connectivity index (χ4n) is 7.94. The van der Waals surface area contributed by atoms with Gasteiger partial charge in [-0.05, 0) is 95.0 Å². The van der Waals surface area contributed by atoms with E-state index in [4.69, 9.17) is 4.42 Å². The molecule has 10 rings (SSSR count). The van der Waals surface area contributed by atoms with Crippen LogP contribution in [0.25, 0.3) is 98.8 Å². The van der Waals surface area contributed by atoms with E-state index in [1.807, 2.05) is 0 Å². The van der Waals surface area contributed by atoms with Gasteiger partial charge in [0.05, 0.1) is 0 Å². The Morgan fingerprint density at radius 2 is 0.878 bits per heavy atom. The monoisotopic (exact) mass is 622 g/mol. The normalized spacial score (nSPS) is 11.7. The molecule has 0 bridgehead atoms. The van der Waals surface area contributed by atoms with Crippen molar-refractivity contribution < 1.29 is 4.42 Å². The van der Waals surface area contributed by atoms with Crippen molar-refractivity contribution in [3.8, 4) is 44.5 Å². The van der Waals surface area contributed by atoms with Crippen molar-refractivity contribution in [2.75, 3.05) is 0 Å². The van der Waals surface area contributed by atoms with Gasteiger partial charge in [0.1, 0.15) is 11.2 Å². The smallest absolute Gasteiger partial charge is 0.136 e. The van der Waals surface area contributed by atoms with Gasteiger partial charge in [-0.15, -0.1) is 0 Å². The van der Waals surface area contributed by atoms with Crippen molar-refractivity contribution in [1.82, 2.24) is 0 Å². The van der Waals surface area contributed by atoms with Gasteiger partial charge in [0.25, 0.3) is 0 Å². The van der Waals surface area contributed by atoms with Crippen molar-refractivity contribution in [2.45, 2.75) is 0 Å². The molecule has 0 radical (unpaired) electrons. The number of furan rings is 1. The molecule has 0 spiro atoms. The van der Waals surface area contributed by atoms with Gasteiger partial charge in [0, 0.05) is 10.8 Å². The molecule has 0 N–H and O–H groups in total. The third-order valence-electron chi connectivity index (χ3n) is 10.1. The van der Waals surface area contributed by atoms with E-state index < -0.39 is 0 Å². The highest BCUT2D eigenvalue weighted by atomic mass is 16.3. The summed E-state index contributed by atoms with van der Waals surface area (Å²) >= 11 is 0. The average Bonchev–Trinajstić information content (AvgIpc) is 3.56. The summed E-state index contributed by atoms with van der Waals surface area (Å²) in [6, 6.07) is 65.7. The molecule has 10 aromatic rings. The van der Waals surface area contributed by atoms with Crippen molar-refractivity contribution in [3.63, 3.8) is 0 Å². The zero-order valence-corrected chi connectivity index (χ0v) is 26.7. The third-order valence-corrected chi connectivity index (χ3v) is 10.1. The Labute approximate surface area is 284 Å². The summed E-state index contributed by atoms with van der Waals surface area (Å²) in [6.07, 6.45) is 0. The summed E-state index contributed by atoms with van der Waals surface area (Å²) in [4.78, 5) is 0. The van der Waals surface area contributed by atoms with E-state index >= 15 is 0 Å². The highest BCUT2D eigenvalue weighted by Crippen LogP contribution is 2.50. The zero-order valence-electron chi connectivity index (χ0n) is 26.7. The van der Waals surface area contributed by atoms with Crippen LogP contribution in [0.3, 0.4) is 0 Å². The molecule has 1 heteroatoms. The number of benzene rings is 9. The van der Waals surface area contributed by atoms with Gasteiger partial charge < -0.3 is 4.42 Å². The highest BCUT2D eigenvalue weighted by Gasteiger charge is 2.23. The van der Waals surface area contributed by atoms with E-state index in [2.05, 4.69) is 182 Å². The Bertz CT molecular complexity index is 2850. The van der Waals surface area contributed by atoms with E-state index in [1.54, 1.807) is 0 Å². The van der Waals surface area contributed by atoms with Crippen LogP contribution in [-0.4, -0.2) is 0 Å². The molecule has 0 aliphatic carbocycles. The molecule has 1 aromatic heterocycles. The molecular formula is C48H30O. The maximum absolute atomic E-state index is 6.66. The first-order valence-corrected chi connectivity index (χ1v) is 16.9. The maximum Gasteiger partial charge on any atom is 0.136 e. The van der Waals surface area contributed by atoms with E-state index in [0.717, 1.165) is 27.5 Å². The van der Waals surface area contributed by atoms with E-state index in [9.17, 15) is 0 Å². The molecule has 9 aromatic carbocycles. The Kier molecular flexibility index (Phi) is 6.25. The van der Waals surface area contributed by atoms with E-state index in [-0.39, 0.29) is 0 Å². The lowest BCUT2D eigenvalue weighted by Gasteiger charge is -2.21. The predicted molar refractivity (Wildman–Crippen MR) is 208 cm³/mol. The van der Waals surface area contributed by atoms with Crippen molar-refractivity contribution in [2.24, 2.45) is 0 Å². The molecule has 0 aliphatic rings. The molecule has 0 fully saturated rings. The van der Waals surface area contributed by atoms with Gasteiger partial charge in [0.15, 0.2) is 0 Å². The third kappa shape index (κ3) is 4.33. The minimum Gasteiger partial charge on any atom is -0.456 e. The lowest BCUT2D eigenvalue weighted by Crippen LogP contribution is -1.94. The fraction of sp³-hybridized carbons (Fsp3) is 0. The van der Waals surface area contributed by atoms with Crippen LogP contribution in [0, 0.1) is 0 Å². The SMILES string of the molecule is c1ccc(-c2ccc3c(c2)oc2cccc(-c4c5ccccc5c(-c5cccc6ccccc56)c5cccc(-c6ccccc6)c45)c23)cc1. The predicted octanol–water partition coefficient (Wildman–Crippen LogP) is 13.7. The summed E-state index contributed by atoms with van der Waals surface area (Å²) in [5, 5.41) is 9.71.